The highest BCUT2D eigenvalue weighted by Crippen LogP contribution is 2.20. The molecular weight excluding hydrogens is 282 g/mol. The zero-order chi connectivity index (χ0) is 12.3. The molecule has 4 nitrogen and oxygen atoms in total. The summed E-state index contributed by atoms with van der Waals surface area (Å²) < 4.78 is 8.52. The minimum absolute atomic E-state index is 0.664. The first kappa shape index (κ1) is 13.1. The van der Waals surface area contributed by atoms with Crippen molar-refractivity contribution in [1.29, 1.82) is 0 Å². The lowest BCUT2D eigenvalue weighted by atomic mass is 10.0. The van der Waals surface area contributed by atoms with E-state index in [0.29, 0.717) is 5.92 Å². The summed E-state index contributed by atoms with van der Waals surface area (Å²) in [6, 6.07) is 0. The SMILES string of the molecule is Cc1nn(C)c(CNCC2CCCOC2)c1Br. The number of hydrogen-bond donors (Lipinski definition) is 1. The van der Waals surface area contributed by atoms with Crippen LogP contribution in [0.2, 0.25) is 0 Å². The van der Waals surface area contributed by atoms with Gasteiger partial charge in [0, 0.05) is 26.7 Å². The van der Waals surface area contributed by atoms with Crippen LogP contribution in [0.5, 0.6) is 0 Å². The number of hydrogen-bond acceptors (Lipinski definition) is 3. The van der Waals surface area contributed by atoms with Gasteiger partial charge in [0.2, 0.25) is 0 Å². The molecule has 0 aromatic carbocycles. The van der Waals surface area contributed by atoms with E-state index in [1.165, 1.54) is 18.5 Å². The van der Waals surface area contributed by atoms with Crippen molar-refractivity contribution in [1.82, 2.24) is 15.1 Å². The van der Waals surface area contributed by atoms with Gasteiger partial charge >= 0.3 is 0 Å². The van der Waals surface area contributed by atoms with Crippen LogP contribution in [0.3, 0.4) is 0 Å². The van der Waals surface area contributed by atoms with Gasteiger partial charge in [0.1, 0.15) is 0 Å². The van der Waals surface area contributed by atoms with Gasteiger partial charge in [-0.25, -0.2) is 0 Å². The Kier molecular flexibility index (Phi) is 4.59. The molecule has 1 fully saturated rings. The molecule has 1 aliphatic heterocycles. The van der Waals surface area contributed by atoms with Crippen molar-refractivity contribution < 1.29 is 4.74 Å². The van der Waals surface area contributed by atoms with Gasteiger partial charge in [-0.2, -0.15) is 5.10 Å². The summed E-state index contributed by atoms with van der Waals surface area (Å²) in [7, 11) is 1.98. The molecule has 1 N–H and O–H groups in total. The maximum absolute atomic E-state index is 5.47. The zero-order valence-electron chi connectivity index (χ0n) is 10.5. The first-order valence-corrected chi connectivity index (χ1v) is 6.94. The van der Waals surface area contributed by atoms with Gasteiger partial charge in [-0.3, -0.25) is 4.68 Å². The quantitative estimate of drug-likeness (QED) is 0.925. The second-order valence-electron chi connectivity index (χ2n) is 4.68. The van der Waals surface area contributed by atoms with Crippen molar-refractivity contribution in [2.24, 2.45) is 13.0 Å². The van der Waals surface area contributed by atoms with E-state index in [4.69, 9.17) is 4.74 Å². The average molecular weight is 302 g/mol. The van der Waals surface area contributed by atoms with E-state index in [0.717, 1.165) is 36.5 Å². The molecule has 96 valence electrons. The number of aromatic nitrogens is 2. The van der Waals surface area contributed by atoms with Gasteiger partial charge in [-0.05, 0) is 41.6 Å². The van der Waals surface area contributed by atoms with Crippen molar-refractivity contribution in [2.45, 2.75) is 26.3 Å². The predicted octanol–water partition coefficient (Wildman–Crippen LogP) is 2.01. The summed E-state index contributed by atoms with van der Waals surface area (Å²) in [4.78, 5) is 0. The van der Waals surface area contributed by atoms with E-state index in [9.17, 15) is 0 Å². The molecule has 1 aliphatic rings. The molecule has 0 radical (unpaired) electrons. The Hall–Kier alpha value is -0.390. The van der Waals surface area contributed by atoms with Gasteiger partial charge in [0.05, 0.1) is 22.5 Å². The van der Waals surface area contributed by atoms with Crippen molar-refractivity contribution in [3.05, 3.63) is 15.9 Å². The normalized spacial score (nSPS) is 20.8. The predicted molar refractivity (Wildman–Crippen MR) is 70.9 cm³/mol. The molecule has 0 aliphatic carbocycles. The molecule has 2 heterocycles. The molecule has 1 saturated heterocycles. The van der Waals surface area contributed by atoms with Crippen LogP contribution in [0, 0.1) is 12.8 Å². The van der Waals surface area contributed by atoms with Crippen molar-refractivity contribution in [3.63, 3.8) is 0 Å². The van der Waals surface area contributed by atoms with E-state index < -0.39 is 0 Å². The van der Waals surface area contributed by atoms with Crippen LogP contribution in [0.25, 0.3) is 0 Å². The first-order valence-electron chi connectivity index (χ1n) is 6.15. The lowest BCUT2D eigenvalue weighted by Gasteiger charge is -2.22. The Labute approximate surface area is 111 Å². The molecule has 2 rings (SSSR count). The second-order valence-corrected chi connectivity index (χ2v) is 5.48. The van der Waals surface area contributed by atoms with E-state index in [2.05, 4.69) is 26.3 Å². The molecule has 1 aromatic heterocycles. The fourth-order valence-corrected chi connectivity index (χ4v) is 2.71. The third-order valence-electron chi connectivity index (χ3n) is 3.24. The van der Waals surface area contributed by atoms with Gasteiger partial charge in [-0.1, -0.05) is 0 Å². The molecule has 1 atom stereocenters. The van der Waals surface area contributed by atoms with Crippen LogP contribution < -0.4 is 5.32 Å². The van der Waals surface area contributed by atoms with Crippen molar-refractivity contribution in [3.8, 4) is 0 Å². The molecule has 0 amide bonds. The number of nitrogens with zero attached hydrogens (tertiary/aromatic N) is 2. The molecule has 0 spiro atoms. The van der Waals surface area contributed by atoms with E-state index in [1.54, 1.807) is 0 Å². The van der Waals surface area contributed by atoms with E-state index >= 15 is 0 Å². The number of nitrogens with one attached hydrogen (secondary N) is 1. The van der Waals surface area contributed by atoms with Gasteiger partial charge < -0.3 is 10.1 Å². The van der Waals surface area contributed by atoms with Gasteiger partial charge in [0.15, 0.2) is 0 Å². The fraction of sp³-hybridized carbons (Fsp3) is 0.750. The summed E-state index contributed by atoms with van der Waals surface area (Å²) in [5.74, 6) is 0.664. The number of ether oxygens (including phenoxy) is 1. The molecule has 17 heavy (non-hydrogen) atoms. The van der Waals surface area contributed by atoms with E-state index in [1.807, 2.05) is 18.7 Å². The van der Waals surface area contributed by atoms with Crippen molar-refractivity contribution in [2.75, 3.05) is 19.8 Å². The fourth-order valence-electron chi connectivity index (χ4n) is 2.24. The molecule has 5 heteroatoms. The maximum Gasteiger partial charge on any atom is 0.0739 e. The second kappa shape index (κ2) is 5.98. The topological polar surface area (TPSA) is 39.1 Å². The summed E-state index contributed by atoms with van der Waals surface area (Å²) in [6.07, 6.45) is 2.47. The smallest absolute Gasteiger partial charge is 0.0739 e. The summed E-state index contributed by atoms with van der Waals surface area (Å²) in [5, 5.41) is 7.88. The maximum atomic E-state index is 5.47. The minimum atomic E-state index is 0.664. The highest BCUT2D eigenvalue weighted by atomic mass is 79.9. The Bertz CT molecular complexity index is 372. The average Bonchev–Trinajstić information content (AvgIpc) is 2.57. The molecule has 0 bridgehead atoms. The van der Waals surface area contributed by atoms with Crippen LogP contribution >= 0.6 is 15.9 Å². The zero-order valence-corrected chi connectivity index (χ0v) is 12.1. The van der Waals surface area contributed by atoms with Crippen LogP contribution in [0.1, 0.15) is 24.2 Å². The third-order valence-corrected chi connectivity index (χ3v) is 4.27. The summed E-state index contributed by atoms with van der Waals surface area (Å²) in [6.45, 7) is 5.73. The highest BCUT2D eigenvalue weighted by Gasteiger charge is 2.14. The molecule has 1 unspecified atom stereocenters. The minimum Gasteiger partial charge on any atom is -0.381 e. The summed E-state index contributed by atoms with van der Waals surface area (Å²) >= 11 is 3.58. The van der Waals surface area contributed by atoms with Crippen LogP contribution in [-0.4, -0.2) is 29.5 Å². The first-order chi connectivity index (χ1) is 8.18. The van der Waals surface area contributed by atoms with Gasteiger partial charge in [-0.15, -0.1) is 0 Å². The Morgan fingerprint density at radius 1 is 1.59 bits per heavy atom. The number of halogens is 1. The van der Waals surface area contributed by atoms with E-state index in [-0.39, 0.29) is 0 Å². The van der Waals surface area contributed by atoms with Crippen LogP contribution in [0.15, 0.2) is 4.47 Å². The number of rotatable bonds is 4. The highest BCUT2D eigenvalue weighted by molar-refractivity contribution is 9.10. The third kappa shape index (κ3) is 3.30. The Morgan fingerprint density at radius 3 is 3.00 bits per heavy atom. The van der Waals surface area contributed by atoms with Gasteiger partial charge in [0.25, 0.3) is 0 Å². The molecular formula is C12H20BrN3O. The van der Waals surface area contributed by atoms with Crippen LogP contribution in [0.4, 0.5) is 0 Å². The lowest BCUT2D eigenvalue weighted by Crippen LogP contribution is -2.29. The van der Waals surface area contributed by atoms with Crippen molar-refractivity contribution >= 4 is 15.9 Å². The lowest BCUT2D eigenvalue weighted by molar-refractivity contribution is 0.0547. The standard InChI is InChI=1S/C12H20BrN3O/c1-9-12(13)11(16(2)15-9)7-14-6-10-4-3-5-17-8-10/h10,14H,3-8H2,1-2H3. The Balaban J connectivity index is 1.81. The largest absolute Gasteiger partial charge is 0.381 e. The summed E-state index contributed by atoms with van der Waals surface area (Å²) in [5.41, 5.74) is 2.25. The monoisotopic (exact) mass is 301 g/mol. The Morgan fingerprint density at radius 2 is 2.41 bits per heavy atom. The molecule has 1 aromatic rings. The number of aryl methyl sites for hydroxylation is 2. The van der Waals surface area contributed by atoms with Crippen LogP contribution in [-0.2, 0) is 18.3 Å². The molecule has 0 saturated carbocycles.